The van der Waals surface area contributed by atoms with Gasteiger partial charge >= 0.3 is 5.97 Å². The number of hydrogen-bond donors (Lipinski definition) is 2. The normalized spacial score (nSPS) is 14.7. The molecule has 7 nitrogen and oxygen atoms in total. The van der Waals surface area contributed by atoms with Gasteiger partial charge in [-0.2, -0.15) is 0 Å². The number of hydrogen-bond acceptors (Lipinski definition) is 6. The van der Waals surface area contributed by atoms with Gasteiger partial charge in [-0.25, -0.2) is 9.18 Å². The molecule has 0 unspecified atom stereocenters. The van der Waals surface area contributed by atoms with Crippen molar-refractivity contribution >= 4 is 34.1 Å². The van der Waals surface area contributed by atoms with Crippen LogP contribution in [0.5, 0.6) is 0 Å². The van der Waals surface area contributed by atoms with Gasteiger partial charge < -0.3 is 15.4 Å². The Bertz CT molecular complexity index is 1040. The molecule has 1 aromatic carbocycles. The third-order valence-corrected chi connectivity index (χ3v) is 7.18. The number of halogens is 1. The second-order valence-electron chi connectivity index (χ2n) is 8.38. The van der Waals surface area contributed by atoms with Crippen molar-refractivity contribution < 1.29 is 23.5 Å². The van der Waals surface area contributed by atoms with E-state index < -0.39 is 5.97 Å². The van der Waals surface area contributed by atoms with Crippen molar-refractivity contribution in [3.8, 4) is 0 Å². The molecule has 0 atom stereocenters. The number of piperidine rings is 1. The van der Waals surface area contributed by atoms with Crippen molar-refractivity contribution in [3.05, 3.63) is 51.1 Å². The number of esters is 1. The SMILES string of the molecule is COC(=O)c1c(NC(=O)CN2CCC(C(=O)NCc3ccc(C)c(F)c3)CC2)sc(C)c1C. The van der Waals surface area contributed by atoms with Crippen molar-refractivity contribution in [2.75, 3.05) is 32.1 Å². The van der Waals surface area contributed by atoms with E-state index in [2.05, 4.69) is 10.6 Å². The molecule has 0 saturated carbocycles. The molecule has 1 aliphatic heterocycles. The molecular weight excluding hydrogens is 445 g/mol. The molecule has 1 aromatic heterocycles. The lowest BCUT2D eigenvalue weighted by molar-refractivity contribution is -0.126. The number of ether oxygens (including phenoxy) is 1. The third kappa shape index (κ3) is 6.17. The number of carbonyl (C=O) groups excluding carboxylic acids is 3. The van der Waals surface area contributed by atoms with Gasteiger partial charge in [0.05, 0.1) is 19.2 Å². The van der Waals surface area contributed by atoms with Crippen LogP contribution in [-0.2, 0) is 20.9 Å². The number of nitrogens with one attached hydrogen (secondary N) is 2. The van der Waals surface area contributed by atoms with Crippen LogP contribution in [0.15, 0.2) is 18.2 Å². The number of amides is 2. The van der Waals surface area contributed by atoms with Gasteiger partial charge in [-0.05, 0) is 69.5 Å². The first-order chi connectivity index (χ1) is 15.7. The molecule has 2 aromatic rings. The van der Waals surface area contributed by atoms with Gasteiger partial charge in [0.25, 0.3) is 0 Å². The second-order valence-corrected chi connectivity index (χ2v) is 9.60. The Balaban J connectivity index is 1.47. The Morgan fingerprint density at radius 1 is 1.18 bits per heavy atom. The van der Waals surface area contributed by atoms with Gasteiger partial charge in [-0.15, -0.1) is 11.3 Å². The summed E-state index contributed by atoms with van der Waals surface area (Å²) >= 11 is 1.36. The molecule has 0 spiro atoms. The van der Waals surface area contributed by atoms with Crippen LogP contribution in [-0.4, -0.2) is 49.4 Å². The van der Waals surface area contributed by atoms with Crippen LogP contribution in [0.25, 0.3) is 0 Å². The van der Waals surface area contributed by atoms with Crippen molar-refractivity contribution in [1.82, 2.24) is 10.2 Å². The maximum atomic E-state index is 13.7. The van der Waals surface area contributed by atoms with Crippen molar-refractivity contribution in [3.63, 3.8) is 0 Å². The fourth-order valence-corrected chi connectivity index (χ4v) is 4.93. The summed E-state index contributed by atoms with van der Waals surface area (Å²) in [4.78, 5) is 40.1. The minimum atomic E-state index is -0.465. The highest BCUT2D eigenvalue weighted by Crippen LogP contribution is 2.33. The predicted molar refractivity (Wildman–Crippen MR) is 126 cm³/mol. The number of nitrogens with zero attached hydrogens (tertiary/aromatic N) is 1. The van der Waals surface area contributed by atoms with E-state index in [0.29, 0.717) is 48.6 Å². The predicted octanol–water partition coefficient (Wildman–Crippen LogP) is 3.57. The van der Waals surface area contributed by atoms with Crippen LogP contribution in [0.1, 0.15) is 44.8 Å². The highest BCUT2D eigenvalue weighted by atomic mass is 32.1. The number of methoxy groups -OCH3 is 1. The van der Waals surface area contributed by atoms with E-state index in [-0.39, 0.29) is 30.1 Å². The lowest BCUT2D eigenvalue weighted by atomic mass is 9.96. The van der Waals surface area contributed by atoms with E-state index >= 15 is 0 Å². The summed E-state index contributed by atoms with van der Waals surface area (Å²) in [5.74, 6) is -1.13. The van der Waals surface area contributed by atoms with E-state index in [0.717, 1.165) is 16.0 Å². The number of thiophene rings is 1. The molecule has 2 heterocycles. The van der Waals surface area contributed by atoms with Crippen LogP contribution < -0.4 is 10.6 Å². The Morgan fingerprint density at radius 3 is 2.52 bits per heavy atom. The average molecular weight is 476 g/mol. The lowest BCUT2D eigenvalue weighted by Gasteiger charge is -2.30. The van der Waals surface area contributed by atoms with Crippen molar-refractivity contribution in [1.29, 1.82) is 0 Å². The van der Waals surface area contributed by atoms with Crippen molar-refractivity contribution in [2.45, 2.75) is 40.2 Å². The summed E-state index contributed by atoms with van der Waals surface area (Å²) in [6.07, 6.45) is 1.29. The Morgan fingerprint density at radius 2 is 1.88 bits per heavy atom. The number of benzene rings is 1. The maximum Gasteiger partial charge on any atom is 0.341 e. The van der Waals surface area contributed by atoms with E-state index in [4.69, 9.17) is 4.74 Å². The summed E-state index contributed by atoms with van der Waals surface area (Å²) < 4.78 is 18.5. The smallest absolute Gasteiger partial charge is 0.341 e. The van der Waals surface area contributed by atoms with Crippen LogP contribution in [0.4, 0.5) is 9.39 Å². The van der Waals surface area contributed by atoms with E-state index in [1.54, 1.807) is 13.0 Å². The fraction of sp³-hybridized carbons (Fsp3) is 0.458. The molecule has 33 heavy (non-hydrogen) atoms. The minimum Gasteiger partial charge on any atom is -0.465 e. The Labute approximate surface area is 197 Å². The van der Waals surface area contributed by atoms with Gasteiger partial charge in [0.15, 0.2) is 0 Å². The zero-order valence-electron chi connectivity index (χ0n) is 19.4. The largest absolute Gasteiger partial charge is 0.465 e. The van der Waals surface area contributed by atoms with Crippen LogP contribution >= 0.6 is 11.3 Å². The topological polar surface area (TPSA) is 87.7 Å². The van der Waals surface area contributed by atoms with E-state index in [1.165, 1.54) is 24.5 Å². The number of likely N-dealkylation sites (tertiary alicyclic amines) is 1. The zero-order valence-corrected chi connectivity index (χ0v) is 20.2. The molecule has 9 heteroatoms. The van der Waals surface area contributed by atoms with Crippen LogP contribution in [0.3, 0.4) is 0 Å². The first-order valence-electron chi connectivity index (χ1n) is 10.9. The molecule has 0 aliphatic carbocycles. The van der Waals surface area contributed by atoms with E-state index in [9.17, 15) is 18.8 Å². The zero-order chi connectivity index (χ0) is 24.1. The van der Waals surface area contributed by atoms with E-state index in [1.807, 2.05) is 24.8 Å². The fourth-order valence-electron chi connectivity index (χ4n) is 3.87. The minimum absolute atomic E-state index is 0.0488. The van der Waals surface area contributed by atoms with Gasteiger partial charge in [0.1, 0.15) is 10.8 Å². The summed E-state index contributed by atoms with van der Waals surface area (Å²) in [7, 11) is 1.32. The molecule has 1 saturated heterocycles. The quantitative estimate of drug-likeness (QED) is 0.598. The van der Waals surface area contributed by atoms with Gasteiger partial charge in [-0.1, -0.05) is 12.1 Å². The Hall–Kier alpha value is -2.78. The lowest BCUT2D eigenvalue weighted by Crippen LogP contribution is -2.43. The summed E-state index contributed by atoms with van der Waals surface area (Å²) in [5.41, 5.74) is 2.51. The maximum absolute atomic E-state index is 13.7. The average Bonchev–Trinajstić information content (AvgIpc) is 3.07. The number of carbonyl (C=O) groups is 3. The number of anilines is 1. The summed E-state index contributed by atoms with van der Waals surface area (Å²) in [5, 5.41) is 6.23. The molecule has 3 rings (SSSR count). The number of rotatable bonds is 7. The highest BCUT2D eigenvalue weighted by molar-refractivity contribution is 7.16. The highest BCUT2D eigenvalue weighted by Gasteiger charge is 2.27. The molecule has 0 bridgehead atoms. The summed E-state index contributed by atoms with van der Waals surface area (Å²) in [6.45, 7) is 7.15. The van der Waals surface area contributed by atoms with Gasteiger partial charge in [-0.3, -0.25) is 14.5 Å². The monoisotopic (exact) mass is 475 g/mol. The first kappa shape index (κ1) is 24.9. The van der Waals surface area contributed by atoms with Crippen LogP contribution in [0, 0.1) is 32.5 Å². The molecule has 1 fully saturated rings. The molecule has 2 N–H and O–H groups in total. The Kier molecular flexibility index (Phi) is 8.20. The molecule has 2 amide bonds. The molecule has 178 valence electrons. The van der Waals surface area contributed by atoms with Crippen LogP contribution in [0.2, 0.25) is 0 Å². The number of aryl methyl sites for hydroxylation is 2. The second kappa shape index (κ2) is 10.9. The molecule has 1 aliphatic rings. The molecular formula is C24H30FN3O4S. The van der Waals surface area contributed by atoms with Gasteiger partial charge in [0, 0.05) is 17.3 Å². The molecule has 0 radical (unpaired) electrons. The van der Waals surface area contributed by atoms with Gasteiger partial charge in [0.2, 0.25) is 11.8 Å². The first-order valence-corrected chi connectivity index (χ1v) is 11.7. The third-order valence-electron chi connectivity index (χ3n) is 6.06. The standard InChI is InChI=1S/C24H30FN3O4S/c1-14-5-6-17(11-19(14)25)12-26-22(30)18-7-9-28(10-8-18)13-20(29)27-23-21(24(31)32-4)15(2)16(3)33-23/h5-6,11,18H,7-10,12-13H2,1-4H3,(H,26,30)(H,27,29). The summed E-state index contributed by atoms with van der Waals surface area (Å²) in [6, 6.07) is 4.95. The van der Waals surface area contributed by atoms with Crippen molar-refractivity contribution in [2.24, 2.45) is 5.92 Å².